The molecule has 16 heteroatoms. The lowest BCUT2D eigenvalue weighted by atomic mass is 9.93. The number of hydrogen-bond donors (Lipinski definition) is 3. The van der Waals surface area contributed by atoms with Crippen molar-refractivity contribution in [2.75, 3.05) is 25.7 Å². The van der Waals surface area contributed by atoms with Crippen LogP contribution in [0, 0.1) is 0 Å². The minimum absolute atomic E-state index is 0.0488. The van der Waals surface area contributed by atoms with Gasteiger partial charge in [0.1, 0.15) is 35.7 Å². The standard InChI is InChI=1S/C25H27N5O8S3/c1-37-13-7-5-12(6-8-13)10-15-17(16-4-3-9-41(16,35)36)20(24(33)34)30-22(32)19(23(30)40-15)28-21(31)18(29-38-2)14-11-39-25(26)27-14/h5-8,11,15-16,19,23H,3-4,9-10H2,1-2H3,(H2,26,27)(H,28,31)(H,33,34)/b29-18-/t15?,16?,19-,23-/m1/s1. The van der Waals surface area contributed by atoms with Gasteiger partial charge in [0.25, 0.3) is 11.8 Å². The van der Waals surface area contributed by atoms with Crippen molar-refractivity contribution in [3.05, 3.63) is 52.2 Å². The molecule has 1 aromatic carbocycles. The molecule has 2 saturated heterocycles. The van der Waals surface area contributed by atoms with E-state index in [1.165, 1.54) is 24.3 Å². The number of carboxylic acid groups (broad SMARTS) is 1. The van der Waals surface area contributed by atoms with Crippen LogP contribution in [0.4, 0.5) is 5.13 Å². The van der Waals surface area contributed by atoms with Gasteiger partial charge in [-0.1, -0.05) is 17.3 Å². The summed E-state index contributed by atoms with van der Waals surface area (Å²) in [5.41, 5.74) is 6.35. The van der Waals surface area contributed by atoms with Gasteiger partial charge in [0.05, 0.1) is 18.1 Å². The number of rotatable bonds is 9. The lowest BCUT2D eigenvalue weighted by molar-refractivity contribution is -0.150. The molecule has 2 unspecified atom stereocenters. The number of nitrogen functional groups attached to an aromatic ring is 1. The number of aliphatic carboxylic acids is 1. The summed E-state index contributed by atoms with van der Waals surface area (Å²) >= 11 is 2.35. The first-order valence-corrected chi connectivity index (χ1v) is 16.0. The van der Waals surface area contributed by atoms with E-state index >= 15 is 0 Å². The third-order valence-corrected chi connectivity index (χ3v) is 11.5. The fraction of sp³-hybridized carbons (Fsp3) is 0.400. The van der Waals surface area contributed by atoms with Gasteiger partial charge in [0, 0.05) is 10.6 Å². The number of methoxy groups -OCH3 is 1. The number of nitrogens with two attached hydrogens (primary N) is 1. The minimum Gasteiger partial charge on any atom is -0.497 e. The molecule has 3 aliphatic heterocycles. The largest absolute Gasteiger partial charge is 0.497 e. The maximum Gasteiger partial charge on any atom is 0.352 e. The number of carbonyl (C=O) groups excluding carboxylic acids is 2. The zero-order valence-electron chi connectivity index (χ0n) is 22.0. The highest BCUT2D eigenvalue weighted by Crippen LogP contribution is 2.48. The van der Waals surface area contributed by atoms with Crippen LogP contribution in [-0.4, -0.2) is 88.8 Å². The Morgan fingerprint density at radius 3 is 2.56 bits per heavy atom. The molecule has 41 heavy (non-hydrogen) atoms. The Labute approximate surface area is 243 Å². The van der Waals surface area contributed by atoms with E-state index in [2.05, 4.69) is 15.5 Å². The molecule has 0 aliphatic carbocycles. The number of amides is 2. The molecular formula is C25H27N5O8S3. The number of thiazole rings is 1. The summed E-state index contributed by atoms with van der Waals surface area (Å²) in [7, 11) is -0.816. The summed E-state index contributed by atoms with van der Waals surface area (Å²) in [6, 6.07) is 6.08. The number of carboxylic acids is 1. The number of sulfone groups is 1. The lowest BCUT2D eigenvalue weighted by Gasteiger charge is -2.52. The van der Waals surface area contributed by atoms with Crippen molar-refractivity contribution in [3.63, 3.8) is 0 Å². The summed E-state index contributed by atoms with van der Waals surface area (Å²) in [5.74, 6) is -2.23. The summed E-state index contributed by atoms with van der Waals surface area (Å²) in [4.78, 5) is 49.1. The van der Waals surface area contributed by atoms with Crippen LogP contribution >= 0.6 is 23.1 Å². The van der Waals surface area contributed by atoms with Crippen LogP contribution in [0.1, 0.15) is 24.1 Å². The smallest absolute Gasteiger partial charge is 0.352 e. The third-order valence-electron chi connectivity index (χ3n) is 7.12. The highest BCUT2D eigenvalue weighted by atomic mass is 32.2. The number of carbonyl (C=O) groups is 3. The van der Waals surface area contributed by atoms with Gasteiger partial charge in [-0.05, 0) is 42.5 Å². The molecule has 5 rings (SSSR count). The van der Waals surface area contributed by atoms with Crippen molar-refractivity contribution in [3.8, 4) is 5.75 Å². The van der Waals surface area contributed by atoms with E-state index in [-0.39, 0.29) is 40.0 Å². The van der Waals surface area contributed by atoms with Gasteiger partial charge in [-0.15, -0.1) is 23.1 Å². The van der Waals surface area contributed by atoms with E-state index in [0.717, 1.165) is 21.8 Å². The molecule has 218 valence electrons. The third kappa shape index (κ3) is 5.38. The zero-order chi connectivity index (χ0) is 29.5. The first-order valence-electron chi connectivity index (χ1n) is 12.5. The second-order valence-electron chi connectivity index (χ2n) is 9.53. The van der Waals surface area contributed by atoms with Crippen LogP contribution in [0.5, 0.6) is 5.75 Å². The van der Waals surface area contributed by atoms with Crippen molar-refractivity contribution in [1.29, 1.82) is 0 Å². The molecule has 0 spiro atoms. The Kier molecular flexibility index (Phi) is 7.98. The molecule has 1 aromatic heterocycles. The maximum absolute atomic E-state index is 13.4. The summed E-state index contributed by atoms with van der Waals surface area (Å²) in [6.45, 7) is 0. The van der Waals surface area contributed by atoms with Gasteiger partial charge in [-0.3, -0.25) is 14.5 Å². The Morgan fingerprint density at radius 1 is 1.27 bits per heavy atom. The molecule has 0 saturated carbocycles. The fourth-order valence-corrected chi connectivity index (χ4v) is 9.67. The maximum atomic E-state index is 13.4. The Balaban J connectivity index is 1.50. The average Bonchev–Trinajstić information content (AvgIpc) is 3.53. The second-order valence-corrected chi connectivity index (χ2v) is 14.0. The molecule has 2 amide bonds. The van der Waals surface area contributed by atoms with E-state index in [1.807, 2.05) is 12.1 Å². The summed E-state index contributed by atoms with van der Waals surface area (Å²) in [6.07, 6.45) is 0.983. The Hall–Kier alpha value is -3.63. The van der Waals surface area contributed by atoms with Gasteiger partial charge in [0.15, 0.2) is 20.7 Å². The minimum atomic E-state index is -3.61. The van der Waals surface area contributed by atoms with Crippen LogP contribution in [0.25, 0.3) is 0 Å². The SMILES string of the molecule is CO/N=C(\C(=O)N[C@@H]1C(=O)N2C(C(=O)O)=C(C3CCCS3(=O)=O)C(Cc3ccc(OC)cc3)S[C@H]12)c1csc(N)n1. The monoisotopic (exact) mass is 621 g/mol. The van der Waals surface area contributed by atoms with Crippen LogP contribution in [0.15, 0.2) is 46.1 Å². The number of oxime groups is 1. The van der Waals surface area contributed by atoms with Gasteiger partial charge < -0.3 is 25.7 Å². The predicted octanol–water partition coefficient (Wildman–Crippen LogP) is 1.01. The molecule has 0 bridgehead atoms. The van der Waals surface area contributed by atoms with E-state index in [4.69, 9.17) is 15.3 Å². The van der Waals surface area contributed by atoms with Gasteiger partial charge in [-0.25, -0.2) is 18.2 Å². The molecule has 4 atom stereocenters. The number of hydrogen-bond acceptors (Lipinski definition) is 12. The average molecular weight is 622 g/mol. The number of nitrogens with one attached hydrogen (secondary N) is 1. The number of nitrogens with zero attached hydrogens (tertiary/aromatic N) is 3. The number of fused-ring (bicyclic) bond motifs is 1. The van der Waals surface area contributed by atoms with Crippen molar-refractivity contribution < 1.29 is 37.5 Å². The van der Waals surface area contributed by atoms with Crippen LogP contribution in [0.2, 0.25) is 0 Å². The van der Waals surface area contributed by atoms with E-state index in [1.54, 1.807) is 19.2 Å². The van der Waals surface area contributed by atoms with E-state index in [0.29, 0.717) is 18.6 Å². The quantitative estimate of drug-likeness (QED) is 0.206. The first kappa shape index (κ1) is 28.9. The molecule has 13 nitrogen and oxygen atoms in total. The molecule has 2 aromatic rings. The van der Waals surface area contributed by atoms with Crippen LogP contribution in [0.3, 0.4) is 0 Å². The Bertz CT molecular complexity index is 1550. The second kappa shape index (κ2) is 11.3. The number of anilines is 1. The molecule has 2 fully saturated rings. The van der Waals surface area contributed by atoms with Gasteiger partial charge in [0.2, 0.25) is 0 Å². The fourth-order valence-electron chi connectivity index (χ4n) is 5.27. The number of aromatic nitrogens is 1. The highest BCUT2D eigenvalue weighted by molar-refractivity contribution is 8.01. The van der Waals surface area contributed by atoms with Crippen molar-refractivity contribution in [2.45, 2.75) is 41.2 Å². The summed E-state index contributed by atoms with van der Waals surface area (Å²) in [5, 5.41) is 16.0. The van der Waals surface area contributed by atoms with Gasteiger partial charge in [-0.2, -0.15) is 0 Å². The van der Waals surface area contributed by atoms with Crippen molar-refractivity contribution in [1.82, 2.24) is 15.2 Å². The first-order chi connectivity index (χ1) is 19.6. The zero-order valence-corrected chi connectivity index (χ0v) is 24.4. The molecule has 0 radical (unpaired) electrons. The molecule has 3 aliphatic rings. The van der Waals surface area contributed by atoms with E-state index < -0.39 is 49.5 Å². The molecular weight excluding hydrogens is 595 g/mol. The number of benzene rings is 1. The van der Waals surface area contributed by atoms with Crippen LogP contribution in [-0.2, 0) is 35.5 Å². The van der Waals surface area contributed by atoms with Crippen LogP contribution < -0.4 is 15.8 Å². The van der Waals surface area contributed by atoms with Gasteiger partial charge >= 0.3 is 5.97 Å². The van der Waals surface area contributed by atoms with E-state index in [9.17, 15) is 27.9 Å². The predicted molar refractivity (Wildman–Crippen MR) is 152 cm³/mol. The lowest BCUT2D eigenvalue weighted by Crippen LogP contribution is -2.72. The number of β-lactam (4-membered cyclic amide) rings is 1. The van der Waals surface area contributed by atoms with Crippen molar-refractivity contribution in [2.24, 2.45) is 5.16 Å². The number of ether oxygens (including phenoxy) is 1. The topological polar surface area (TPSA) is 191 Å². The summed E-state index contributed by atoms with van der Waals surface area (Å²) < 4.78 is 31.3. The normalized spacial score (nSPS) is 25.4. The molecule has 4 N–H and O–H groups in total. The van der Waals surface area contributed by atoms with Crippen molar-refractivity contribution >= 4 is 61.6 Å². The highest BCUT2D eigenvalue weighted by Gasteiger charge is 2.58. The molecule has 4 heterocycles. The number of thioether (sulfide) groups is 1. The Morgan fingerprint density at radius 2 is 2.00 bits per heavy atom.